The molecule has 2 aromatic rings. The number of hydrogen-bond donors (Lipinski definition) is 0. The summed E-state index contributed by atoms with van der Waals surface area (Å²) in [6, 6.07) is 3.39. The van der Waals surface area contributed by atoms with Gasteiger partial charge in [-0.2, -0.15) is 4.31 Å². The van der Waals surface area contributed by atoms with Gasteiger partial charge < -0.3 is 9.64 Å². The average Bonchev–Trinajstić information content (AvgIpc) is 3.29. The van der Waals surface area contributed by atoms with Gasteiger partial charge in [0.1, 0.15) is 15.9 Å². The van der Waals surface area contributed by atoms with Crippen LogP contribution in [0.1, 0.15) is 36.8 Å². The van der Waals surface area contributed by atoms with Gasteiger partial charge >= 0.3 is 5.97 Å². The van der Waals surface area contributed by atoms with Crippen molar-refractivity contribution in [3.63, 3.8) is 0 Å². The van der Waals surface area contributed by atoms with Crippen LogP contribution in [-0.4, -0.2) is 54.9 Å². The first-order valence-electron chi connectivity index (χ1n) is 10.2. The molecule has 8 nitrogen and oxygen atoms in total. The second-order valence-electron chi connectivity index (χ2n) is 7.55. The molecule has 0 spiro atoms. The molecule has 1 fully saturated rings. The predicted octanol–water partition coefficient (Wildman–Crippen LogP) is 2.37. The number of sulfonamides is 1. The number of hydrogen-bond acceptors (Lipinski definition) is 8. The smallest absolute Gasteiger partial charge is 0.309 e. The number of carbonyl (C=O) groups excluding carboxylic acids is 1. The van der Waals surface area contributed by atoms with E-state index in [4.69, 9.17) is 4.74 Å². The van der Waals surface area contributed by atoms with Crippen molar-refractivity contribution in [3.05, 3.63) is 34.6 Å². The SMILES string of the molecule is CCOC(=O)C1CCN(c2nc(C)nc3c2CN(S(=O)(=O)c2cccs2)CC3)CC1. The summed E-state index contributed by atoms with van der Waals surface area (Å²) in [5.41, 5.74) is 1.80. The van der Waals surface area contributed by atoms with Gasteiger partial charge in [-0.1, -0.05) is 6.07 Å². The Bertz CT molecular complexity index is 1020. The Balaban J connectivity index is 1.57. The third-order valence-corrected chi connectivity index (χ3v) is 8.84. The summed E-state index contributed by atoms with van der Waals surface area (Å²) >= 11 is 1.23. The highest BCUT2D eigenvalue weighted by Gasteiger charge is 2.34. The number of nitrogens with zero attached hydrogens (tertiary/aromatic N) is 4. The van der Waals surface area contributed by atoms with Crippen LogP contribution in [-0.2, 0) is 32.5 Å². The zero-order chi connectivity index (χ0) is 21.3. The maximum Gasteiger partial charge on any atom is 0.309 e. The van der Waals surface area contributed by atoms with Gasteiger partial charge in [-0.05, 0) is 38.1 Å². The van der Waals surface area contributed by atoms with Gasteiger partial charge in [0.05, 0.1) is 18.2 Å². The number of aromatic nitrogens is 2. The van der Waals surface area contributed by atoms with E-state index in [2.05, 4.69) is 14.9 Å². The Morgan fingerprint density at radius 1 is 1.27 bits per heavy atom. The number of anilines is 1. The van der Waals surface area contributed by atoms with Crippen molar-refractivity contribution in [2.75, 3.05) is 31.1 Å². The second-order valence-corrected chi connectivity index (χ2v) is 10.7. The number of ether oxygens (including phenoxy) is 1. The van der Waals surface area contributed by atoms with Crippen LogP contribution in [0.15, 0.2) is 21.7 Å². The molecule has 0 atom stereocenters. The van der Waals surface area contributed by atoms with Crippen molar-refractivity contribution >= 4 is 33.1 Å². The number of esters is 1. The van der Waals surface area contributed by atoms with Gasteiger partial charge in [0.25, 0.3) is 10.0 Å². The maximum atomic E-state index is 13.0. The van der Waals surface area contributed by atoms with Crippen LogP contribution in [0, 0.1) is 12.8 Å². The molecular weight excluding hydrogens is 424 g/mol. The highest BCUT2D eigenvalue weighted by atomic mass is 32.2. The van der Waals surface area contributed by atoms with E-state index in [1.54, 1.807) is 17.5 Å². The summed E-state index contributed by atoms with van der Waals surface area (Å²) in [5, 5.41) is 1.77. The minimum absolute atomic E-state index is 0.0873. The Labute approximate surface area is 180 Å². The third-order valence-electron chi connectivity index (χ3n) is 5.62. The fourth-order valence-electron chi connectivity index (χ4n) is 4.08. The van der Waals surface area contributed by atoms with E-state index in [1.165, 1.54) is 15.6 Å². The molecule has 4 heterocycles. The number of rotatable bonds is 5. The summed E-state index contributed by atoms with van der Waals surface area (Å²) in [6.45, 7) is 6.13. The van der Waals surface area contributed by atoms with Crippen LogP contribution < -0.4 is 4.90 Å². The van der Waals surface area contributed by atoms with Gasteiger partial charge in [-0.25, -0.2) is 18.4 Å². The van der Waals surface area contributed by atoms with Crippen LogP contribution in [0.25, 0.3) is 0 Å². The lowest BCUT2D eigenvalue weighted by Crippen LogP contribution is -2.41. The first-order chi connectivity index (χ1) is 14.4. The molecule has 0 amide bonds. The van der Waals surface area contributed by atoms with E-state index < -0.39 is 10.0 Å². The van der Waals surface area contributed by atoms with Crippen molar-refractivity contribution < 1.29 is 17.9 Å². The average molecular weight is 451 g/mol. The topological polar surface area (TPSA) is 92.7 Å². The molecule has 0 unspecified atom stereocenters. The third kappa shape index (κ3) is 4.08. The molecule has 2 aromatic heterocycles. The van der Waals surface area contributed by atoms with Crippen LogP contribution in [0.3, 0.4) is 0 Å². The molecule has 10 heteroatoms. The van der Waals surface area contributed by atoms with Gasteiger partial charge in [0.15, 0.2) is 0 Å². The standard InChI is InChI=1S/C20H26N4O4S2/c1-3-28-20(25)15-6-9-23(10-7-15)19-16-13-24(11-8-17(16)21-14(2)22-19)30(26,27)18-5-4-12-29-18/h4-5,12,15H,3,6-11,13H2,1-2H3. The largest absolute Gasteiger partial charge is 0.466 e. The second kappa shape index (κ2) is 8.60. The molecule has 30 heavy (non-hydrogen) atoms. The molecule has 0 N–H and O–H groups in total. The van der Waals surface area contributed by atoms with E-state index in [9.17, 15) is 13.2 Å². The minimum Gasteiger partial charge on any atom is -0.466 e. The van der Waals surface area contributed by atoms with E-state index >= 15 is 0 Å². The number of piperidine rings is 1. The Morgan fingerprint density at radius 2 is 2.03 bits per heavy atom. The molecule has 0 bridgehead atoms. The number of aryl methyl sites for hydroxylation is 1. The molecule has 1 saturated heterocycles. The minimum atomic E-state index is -3.53. The van der Waals surface area contributed by atoms with Gasteiger partial charge in [-0.15, -0.1) is 11.3 Å². The van der Waals surface area contributed by atoms with Crippen molar-refractivity contribution in [2.24, 2.45) is 5.92 Å². The van der Waals surface area contributed by atoms with E-state index in [0.717, 1.165) is 17.1 Å². The number of thiophene rings is 1. The Hall–Kier alpha value is -2.04. The molecule has 0 saturated carbocycles. The van der Waals surface area contributed by atoms with Crippen molar-refractivity contribution in [2.45, 2.75) is 43.9 Å². The van der Waals surface area contributed by atoms with Gasteiger partial charge in [0, 0.05) is 38.2 Å². The highest BCUT2D eigenvalue weighted by Crippen LogP contribution is 2.33. The van der Waals surface area contributed by atoms with Crippen LogP contribution in [0.4, 0.5) is 5.82 Å². The van der Waals surface area contributed by atoms with E-state index in [0.29, 0.717) is 55.5 Å². The summed E-state index contributed by atoms with van der Waals surface area (Å²) in [5.74, 6) is 1.26. The summed E-state index contributed by atoms with van der Waals surface area (Å²) in [7, 11) is -3.53. The van der Waals surface area contributed by atoms with E-state index in [1.807, 2.05) is 13.8 Å². The van der Waals surface area contributed by atoms with Crippen LogP contribution in [0.5, 0.6) is 0 Å². The fraction of sp³-hybridized carbons (Fsp3) is 0.550. The van der Waals surface area contributed by atoms with Gasteiger partial charge in [-0.3, -0.25) is 4.79 Å². The van der Waals surface area contributed by atoms with Crippen molar-refractivity contribution in [1.82, 2.24) is 14.3 Å². The zero-order valence-corrected chi connectivity index (χ0v) is 18.8. The zero-order valence-electron chi connectivity index (χ0n) is 17.2. The first kappa shape index (κ1) is 21.2. The van der Waals surface area contributed by atoms with Crippen molar-refractivity contribution in [3.8, 4) is 0 Å². The fourth-order valence-corrected chi connectivity index (χ4v) is 6.64. The Morgan fingerprint density at radius 3 is 2.70 bits per heavy atom. The first-order valence-corrected chi connectivity index (χ1v) is 12.5. The lowest BCUT2D eigenvalue weighted by atomic mass is 9.96. The normalized spacial score (nSPS) is 18.3. The lowest BCUT2D eigenvalue weighted by molar-refractivity contribution is -0.148. The summed E-state index contributed by atoms with van der Waals surface area (Å²) < 4.78 is 33.1. The Kier molecular flexibility index (Phi) is 6.08. The predicted molar refractivity (Wildman–Crippen MR) is 114 cm³/mol. The molecule has 0 aliphatic carbocycles. The molecule has 4 rings (SSSR count). The maximum absolute atomic E-state index is 13.0. The summed E-state index contributed by atoms with van der Waals surface area (Å²) in [4.78, 5) is 23.5. The molecule has 0 aromatic carbocycles. The van der Waals surface area contributed by atoms with Gasteiger partial charge in [0.2, 0.25) is 0 Å². The molecule has 0 radical (unpaired) electrons. The lowest BCUT2D eigenvalue weighted by Gasteiger charge is -2.35. The molecular formula is C20H26N4O4S2. The van der Waals surface area contributed by atoms with Crippen LogP contribution >= 0.6 is 11.3 Å². The van der Waals surface area contributed by atoms with Crippen LogP contribution in [0.2, 0.25) is 0 Å². The molecule has 2 aliphatic heterocycles. The number of fused-ring (bicyclic) bond motifs is 1. The highest BCUT2D eigenvalue weighted by molar-refractivity contribution is 7.91. The monoisotopic (exact) mass is 450 g/mol. The van der Waals surface area contributed by atoms with Crippen molar-refractivity contribution in [1.29, 1.82) is 0 Å². The summed E-state index contributed by atoms with van der Waals surface area (Å²) in [6.07, 6.45) is 1.97. The number of carbonyl (C=O) groups is 1. The molecule has 2 aliphatic rings. The quantitative estimate of drug-likeness (QED) is 0.646. The molecule has 162 valence electrons. The van der Waals surface area contributed by atoms with E-state index in [-0.39, 0.29) is 18.4 Å².